The SMILES string of the molecule is COc1cncc(C2(O)CCC2C)c1. The van der Waals surface area contributed by atoms with Crippen molar-refractivity contribution < 1.29 is 9.84 Å². The maximum Gasteiger partial charge on any atom is 0.137 e. The molecule has 0 spiro atoms. The first kappa shape index (κ1) is 9.46. The zero-order chi connectivity index (χ0) is 10.2. The molecule has 1 aromatic heterocycles. The summed E-state index contributed by atoms with van der Waals surface area (Å²) in [4.78, 5) is 4.05. The lowest BCUT2D eigenvalue weighted by Gasteiger charge is -2.43. The van der Waals surface area contributed by atoms with Crippen molar-refractivity contribution in [1.82, 2.24) is 4.98 Å². The summed E-state index contributed by atoms with van der Waals surface area (Å²) in [7, 11) is 1.61. The molecule has 1 aliphatic carbocycles. The summed E-state index contributed by atoms with van der Waals surface area (Å²) >= 11 is 0. The van der Waals surface area contributed by atoms with Crippen LogP contribution in [0, 0.1) is 5.92 Å². The lowest BCUT2D eigenvalue weighted by Crippen LogP contribution is -2.42. The Morgan fingerprint density at radius 3 is 2.86 bits per heavy atom. The number of rotatable bonds is 2. The fourth-order valence-corrected chi connectivity index (χ4v) is 1.90. The third-order valence-corrected chi connectivity index (χ3v) is 3.22. The van der Waals surface area contributed by atoms with E-state index >= 15 is 0 Å². The van der Waals surface area contributed by atoms with Crippen molar-refractivity contribution in [2.45, 2.75) is 25.4 Å². The normalized spacial score (nSPS) is 30.9. The maximum absolute atomic E-state index is 10.3. The van der Waals surface area contributed by atoms with Crippen LogP contribution in [0.15, 0.2) is 18.5 Å². The monoisotopic (exact) mass is 193 g/mol. The first-order valence-electron chi connectivity index (χ1n) is 4.88. The molecule has 1 aliphatic rings. The van der Waals surface area contributed by atoms with E-state index in [1.165, 1.54) is 0 Å². The van der Waals surface area contributed by atoms with Gasteiger partial charge in [0.05, 0.1) is 18.9 Å². The second kappa shape index (κ2) is 3.24. The van der Waals surface area contributed by atoms with Crippen LogP contribution >= 0.6 is 0 Å². The Labute approximate surface area is 83.7 Å². The van der Waals surface area contributed by atoms with Crippen molar-refractivity contribution >= 4 is 0 Å². The molecule has 1 saturated carbocycles. The lowest BCUT2D eigenvalue weighted by molar-refractivity contribution is -0.0934. The highest BCUT2D eigenvalue weighted by Gasteiger charge is 2.43. The Kier molecular flexibility index (Phi) is 2.19. The predicted octanol–water partition coefficient (Wildman–Crippen LogP) is 1.71. The summed E-state index contributed by atoms with van der Waals surface area (Å²) in [5.74, 6) is 1.02. The topological polar surface area (TPSA) is 42.4 Å². The smallest absolute Gasteiger partial charge is 0.137 e. The van der Waals surface area contributed by atoms with E-state index in [0.717, 1.165) is 18.4 Å². The Morgan fingerprint density at radius 2 is 2.36 bits per heavy atom. The molecule has 3 heteroatoms. The molecule has 0 amide bonds. The van der Waals surface area contributed by atoms with E-state index < -0.39 is 5.60 Å². The molecular weight excluding hydrogens is 178 g/mol. The molecule has 0 radical (unpaired) electrons. The van der Waals surface area contributed by atoms with Gasteiger partial charge in [0.25, 0.3) is 0 Å². The van der Waals surface area contributed by atoms with E-state index in [9.17, 15) is 5.11 Å². The van der Waals surface area contributed by atoms with Crippen molar-refractivity contribution in [1.29, 1.82) is 0 Å². The van der Waals surface area contributed by atoms with Crippen LogP contribution in [0.3, 0.4) is 0 Å². The number of nitrogens with zero attached hydrogens (tertiary/aromatic N) is 1. The molecule has 1 aromatic rings. The van der Waals surface area contributed by atoms with Crippen LogP contribution in [-0.4, -0.2) is 17.2 Å². The van der Waals surface area contributed by atoms with Gasteiger partial charge in [-0.2, -0.15) is 0 Å². The van der Waals surface area contributed by atoms with E-state index in [0.29, 0.717) is 11.7 Å². The van der Waals surface area contributed by atoms with Gasteiger partial charge in [-0.1, -0.05) is 6.92 Å². The van der Waals surface area contributed by atoms with Gasteiger partial charge in [0.15, 0.2) is 0 Å². The Balaban J connectivity index is 2.32. The molecule has 0 bridgehead atoms. The minimum atomic E-state index is -0.679. The van der Waals surface area contributed by atoms with E-state index in [1.807, 2.05) is 6.07 Å². The standard InChI is InChI=1S/C11H15NO2/c1-8-3-4-11(8,13)9-5-10(14-2)7-12-6-9/h5-8,13H,3-4H2,1-2H3. The number of methoxy groups -OCH3 is 1. The summed E-state index contributed by atoms with van der Waals surface area (Å²) in [6, 6.07) is 1.86. The number of ether oxygens (including phenoxy) is 1. The lowest BCUT2D eigenvalue weighted by atomic mass is 9.67. The van der Waals surface area contributed by atoms with E-state index in [-0.39, 0.29) is 0 Å². The van der Waals surface area contributed by atoms with Crippen molar-refractivity contribution in [3.8, 4) is 5.75 Å². The second-order valence-corrected chi connectivity index (χ2v) is 3.98. The average molecular weight is 193 g/mol. The molecule has 1 N–H and O–H groups in total. The first-order valence-corrected chi connectivity index (χ1v) is 4.88. The van der Waals surface area contributed by atoms with Crippen LogP contribution in [0.2, 0.25) is 0 Å². The van der Waals surface area contributed by atoms with Crippen LogP contribution in [0.5, 0.6) is 5.75 Å². The fraction of sp³-hybridized carbons (Fsp3) is 0.545. The molecule has 0 aromatic carbocycles. The Bertz CT molecular complexity index is 340. The van der Waals surface area contributed by atoms with Gasteiger partial charge < -0.3 is 9.84 Å². The quantitative estimate of drug-likeness (QED) is 0.777. The van der Waals surface area contributed by atoms with Crippen molar-refractivity contribution in [3.63, 3.8) is 0 Å². The molecule has 0 saturated heterocycles. The van der Waals surface area contributed by atoms with E-state index in [1.54, 1.807) is 19.5 Å². The van der Waals surface area contributed by atoms with E-state index in [2.05, 4.69) is 11.9 Å². The summed E-state index contributed by atoms with van der Waals surface area (Å²) in [6.07, 6.45) is 5.27. The van der Waals surface area contributed by atoms with Gasteiger partial charge in [0.2, 0.25) is 0 Å². The molecular formula is C11H15NO2. The van der Waals surface area contributed by atoms with E-state index in [4.69, 9.17) is 4.74 Å². The molecule has 76 valence electrons. The van der Waals surface area contributed by atoms with Gasteiger partial charge in [-0.25, -0.2) is 0 Å². The Morgan fingerprint density at radius 1 is 1.57 bits per heavy atom. The first-order chi connectivity index (χ1) is 6.66. The third-order valence-electron chi connectivity index (χ3n) is 3.22. The average Bonchev–Trinajstić information content (AvgIpc) is 2.26. The zero-order valence-electron chi connectivity index (χ0n) is 8.53. The van der Waals surface area contributed by atoms with Gasteiger partial charge in [-0.05, 0) is 24.8 Å². The predicted molar refractivity (Wildman–Crippen MR) is 53.1 cm³/mol. The van der Waals surface area contributed by atoms with Crippen LogP contribution in [0.1, 0.15) is 25.3 Å². The van der Waals surface area contributed by atoms with Crippen molar-refractivity contribution in [2.24, 2.45) is 5.92 Å². The highest BCUT2D eigenvalue weighted by atomic mass is 16.5. The molecule has 2 unspecified atom stereocenters. The number of aliphatic hydroxyl groups is 1. The van der Waals surface area contributed by atoms with Gasteiger partial charge in [0.1, 0.15) is 5.75 Å². The molecule has 1 fully saturated rings. The highest BCUT2D eigenvalue weighted by molar-refractivity contribution is 5.30. The minimum absolute atomic E-state index is 0.316. The van der Waals surface area contributed by atoms with Crippen LogP contribution in [-0.2, 0) is 5.60 Å². The highest BCUT2D eigenvalue weighted by Crippen LogP contribution is 2.46. The van der Waals surface area contributed by atoms with Gasteiger partial charge in [0, 0.05) is 11.8 Å². The summed E-state index contributed by atoms with van der Waals surface area (Å²) < 4.78 is 5.08. The molecule has 1 heterocycles. The fourth-order valence-electron chi connectivity index (χ4n) is 1.90. The van der Waals surface area contributed by atoms with Crippen LogP contribution < -0.4 is 4.74 Å². The van der Waals surface area contributed by atoms with Gasteiger partial charge >= 0.3 is 0 Å². The summed E-state index contributed by atoms with van der Waals surface area (Å²) in [6.45, 7) is 2.06. The van der Waals surface area contributed by atoms with Gasteiger partial charge in [-0.15, -0.1) is 0 Å². The zero-order valence-corrected chi connectivity index (χ0v) is 8.53. The van der Waals surface area contributed by atoms with Crippen molar-refractivity contribution in [3.05, 3.63) is 24.0 Å². The molecule has 14 heavy (non-hydrogen) atoms. The molecule has 2 atom stereocenters. The maximum atomic E-state index is 10.3. The number of pyridine rings is 1. The van der Waals surface area contributed by atoms with Crippen LogP contribution in [0.25, 0.3) is 0 Å². The second-order valence-electron chi connectivity index (χ2n) is 3.98. The Hall–Kier alpha value is -1.09. The van der Waals surface area contributed by atoms with Crippen LogP contribution in [0.4, 0.5) is 0 Å². The summed E-state index contributed by atoms with van der Waals surface area (Å²) in [5, 5.41) is 10.3. The molecule has 0 aliphatic heterocycles. The van der Waals surface area contributed by atoms with Crippen molar-refractivity contribution in [2.75, 3.05) is 7.11 Å². The van der Waals surface area contributed by atoms with Gasteiger partial charge in [-0.3, -0.25) is 4.98 Å². The summed E-state index contributed by atoms with van der Waals surface area (Å²) in [5.41, 5.74) is 0.192. The largest absolute Gasteiger partial charge is 0.495 e. The minimum Gasteiger partial charge on any atom is -0.495 e. The third kappa shape index (κ3) is 1.28. The number of hydrogen-bond donors (Lipinski definition) is 1. The molecule has 3 nitrogen and oxygen atoms in total. The number of aromatic nitrogens is 1. The number of hydrogen-bond acceptors (Lipinski definition) is 3. The molecule has 2 rings (SSSR count).